The molecule has 98 valence electrons. The topological polar surface area (TPSA) is 67.2 Å². The molecule has 0 heterocycles. The van der Waals surface area contributed by atoms with Crippen molar-refractivity contribution in [1.29, 1.82) is 5.26 Å². The number of nitriles is 1. The van der Waals surface area contributed by atoms with Crippen molar-refractivity contribution in [2.75, 3.05) is 0 Å². The van der Waals surface area contributed by atoms with E-state index in [4.69, 9.17) is 27.5 Å². The molecule has 0 atom stereocenters. The van der Waals surface area contributed by atoms with E-state index in [1.807, 2.05) is 0 Å². The second-order valence-electron chi connectivity index (χ2n) is 2.99. The second-order valence-corrected chi connectivity index (χ2v) is 5.76. The summed E-state index contributed by atoms with van der Waals surface area (Å²) < 4.78 is 51.0. The zero-order chi connectivity index (χ0) is 13.9. The Morgan fingerprint density at radius 2 is 2.06 bits per heavy atom. The van der Waals surface area contributed by atoms with Crippen LogP contribution in [0.25, 0.3) is 0 Å². The fraction of sp³-hybridized carbons (Fsp3) is 0.222. The Hall–Kier alpha value is -1.10. The quantitative estimate of drug-likeness (QED) is 0.633. The first-order valence-corrected chi connectivity index (χ1v) is 7.17. The smallest absolute Gasteiger partial charge is 0.387 e. The highest BCUT2D eigenvalue weighted by Gasteiger charge is 2.25. The maximum Gasteiger partial charge on any atom is 0.387 e. The zero-order valence-corrected chi connectivity index (χ0v) is 10.9. The van der Waals surface area contributed by atoms with Gasteiger partial charge in [-0.1, -0.05) is 6.07 Å². The lowest BCUT2D eigenvalue weighted by Gasteiger charge is -2.11. The number of hydrogen-bond donors (Lipinski definition) is 0. The third-order valence-electron chi connectivity index (χ3n) is 1.92. The molecule has 0 aliphatic rings. The van der Waals surface area contributed by atoms with Crippen molar-refractivity contribution >= 4 is 31.3 Å². The summed E-state index contributed by atoms with van der Waals surface area (Å²) in [7, 11) is 0.848. The van der Waals surface area contributed by atoms with Crippen LogP contribution in [0, 0.1) is 11.3 Å². The van der Waals surface area contributed by atoms with Crippen molar-refractivity contribution in [2.24, 2.45) is 0 Å². The van der Waals surface area contributed by atoms with E-state index >= 15 is 0 Å². The molecule has 0 saturated heterocycles. The Balaban J connectivity index is 3.59. The van der Waals surface area contributed by atoms with Gasteiger partial charge in [0.15, 0.2) is 0 Å². The van der Waals surface area contributed by atoms with Crippen LogP contribution in [0.5, 0.6) is 5.75 Å². The third kappa shape index (κ3) is 3.22. The van der Waals surface area contributed by atoms with E-state index < -0.39 is 31.9 Å². The van der Waals surface area contributed by atoms with Crippen LogP contribution in [-0.2, 0) is 14.9 Å². The van der Waals surface area contributed by atoms with Crippen molar-refractivity contribution < 1.29 is 21.9 Å². The lowest BCUT2D eigenvalue weighted by Crippen LogP contribution is -2.07. The van der Waals surface area contributed by atoms with Gasteiger partial charge in [-0.3, -0.25) is 0 Å². The third-order valence-corrected chi connectivity index (χ3v) is 3.62. The van der Waals surface area contributed by atoms with Gasteiger partial charge in [-0.05, 0) is 11.6 Å². The zero-order valence-electron chi connectivity index (χ0n) is 8.53. The maximum absolute atomic E-state index is 12.1. The van der Waals surface area contributed by atoms with Gasteiger partial charge >= 0.3 is 6.61 Å². The number of alkyl halides is 3. The average Bonchev–Trinajstić information content (AvgIpc) is 2.26. The normalized spacial score (nSPS) is 11.3. The Morgan fingerprint density at radius 3 is 2.44 bits per heavy atom. The molecule has 0 aromatic heterocycles. The van der Waals surface area contributed by atoms with Crippen molar-refractivity contribution in [3.63, 3.8) is 0 Å². The number of hydrogen-bond acceptors (Lipinski definition) is 4. The Kier molecular flexibility index (Phi) is 4.73. The molecule has 1 aromatic carbocycles. The van der Waals surface area contributed by atoms with Gasteiger partial charge in [0.2, 0.25) is 0 Å². The molecular weight excluding hydrogens is 311 g/mol. The standard InChI is InChI=1S/C9H5Cl2F2NO3S/c10-3-5-1-2-7(17-9(12)13)6(4-14)8(5)18(11,15)16/h1-2,9H,3H2. The van der Waals surface area contributed by atoms with Crippen molar-refractivity contribution in [2.45, 2.75) is 17.4 Å². The maximum atomic E-state index is 12.1. The summed E-state index contributed by atoms with van der Waals surface area (Å²) in [5.41, 5.74) is -0.562. The molecule has 9 heteroatoms. The highest BCUT2D eigenvalue weighted by atomic mass is 35.7. The number of rotatable bonds is 4. The summed E-state index contributed by atoms with van der Waals surface area (Å²) in [6, 6.07) is 3.66. The highest BCUT2D eigenvalue weighted by Crippen LogP contribution is 2.32. The lowest BCUT2D eigenvalue weighted by molar-refractivity contribution is -0.0502. The summed E-state index contributed by atoms with van der Waals surface area (Å²) in [5, 5.41) is 8.85. The molecule has 0 aliphatic carbocycles. The minimum absolute atomic E-state index is 0.0323. The van der Waals surface area contributed by atoms with Crippen LogP contribution in [0.1, 0.15) is 11.1 Å². The Bertz CT molecular complexity index is 599. The van der Waals surface area contributed by atoms with Crippen LogP contribution in [0.4, 0.5) is 8.78 Å². The molecule has 0 spiro atoms. The Labute approximate surface area is 111 Å². The fourth-order valence-corrected chi connectivity index (χ4v) is 2.97. The first-order valence-electron chi connectivity index (χ1n) is 4.32. The van der Waals surface area contributed by atoms with Gasteiger partial charge in [0, 0.05) is 16.6 Å². The van der Waals surface area contributed by atoms with Gasteiger partial charge in [-0.2, -0.15) is 14.0 Å². The van der Waals surface area contributed by atoms with Crippen molar-refractivity contribution in [3.05, 3.63) is 23.3 Å². The van der Waals surface area contributed by atoms with E-state index in [-0.39, 0.29) is 11.4 Å². The van der Waals surface area contributed by atoms with Gasteiger partial charge in [0.1, 0.15) is 22.3 Å². The van der Waals surface area contributed by atoms with Crippen molar-refractivity contribution in [3.8, 4) is 11.8 Å². The Morgan fingerprint density at radius 1 is 1.44 bits per heavy atom. The predicted octanol–water partition coefficient (Wildman–Crippen LogP) is 2.83. The van der Waals surface area contributed by atoms with Crippen molar-refractivity contribution in [1.82, 2.24) is 0 Å². The first-order chi connectivity index (χ1) is 8.31. The van der Waals surface area contributed by atoms with E-state index in [1.54, 1.807) is 0 Å². The molecule has 0 radical (unpaired) electrons. The van der Waals surface area contributed by atoms with Crippen LogP contribution >= 0.6 is 22.3 Å². The number of ether oxygens (including phenoxy) is 1. The minimum Gasteiger partial charge on any atom is -0.433 e. The molecule has 0 amide bonds. The van der Waals surface area contributed by atoms with E-state index in [9.17, 15) is 17.2 Å². The second kappa shape index (κ2) is 5.69. The molecule has 0 N–H and O–H groups in total. The molecule has 1 aromatic rings. The molecule has 0 fully saturated rings. The first kappa shape index (κ1) is 15.0. The monoisotopic (exact) mass is 315 g/mol. The average molecular weight is 316 g/mol. The summed E-state index contributed by atoms with van der Waals surface area (Å²) >= 11 is 5.50. The van der Waals surface area contributed by atoms with Crippen LogP contribution < -0.4 is 4.74 Å². The number of halogens is 4. The van der Waals surface area contributed by atoms with Crippen LogP contribution in [-0.4, -0.2) is 15.0 Å². The van der Waals surface area contributed by atoms with Crippen LogP contribution in [0.15, 0.2) is 17.0 Å². The molecule has 0 bridgehead atoms. The minimum atomic E-state index is -4.31. The van der Waals surface area contributed by atoms with E-state index in [1.165, 1.54) is 6.07 Å². The molecule has 1 rings (SSSR count). The molecular formula is C9H5Cl2F2NO3S. The predicted molar refractivity (Wildman–Crippen MR) is 60.4 cm³/mol. The largest absolute Gasteiger partial charge is 0.433 e. The van der Waals surface area contributed by atoms with Gasteiger partial charge in [0.05, 0.1) is 0 Å². The molecule has 4 nitrogen and oxygen atoms in total. The summed E-state index contributed by atoms with van der Waals surface area (Å²) in [5.74, 6) is -0.814. The van der Waals surface area contributed by atoms with E-state index in [2.05, 4.69) is 4.74 Å². The number of benzene rings is 1. The molecule has 0 saturated carbocycles. The van der Waals surface area contributed by atoms with Gasteiger partial charge < -0.3 is 4.74 Å². The van der Waals surface area contributed by atoms with Crippen LogP contribution in [0.2, 0.25) is 0 Å². The summed E-state index contributed by atoms with van der Waals surface area (Å²) in [4.78, 5) is -0.611. The molecule has 0 aliphatic heterocycles. The number of nitrogens with zero attached hydrogens (tertiary/aromatic N) is 1. The summed E-state index contributed by atoms with van der Waals surface area (Å²) in [6.07, 6.45) is 0. The molecule has 0 unspecified atom stereocenters. The highest BCUT2D eigenvalue weighted by molar-refractivity contribution is 8.13. The lowest BCUT2D eigenvalue weighted by atomic mass is 10.1. The van der Waals surface area contributed by atoms with E-state index in [0.717, 1.165) is 12.1 Å². The van der Waals surface area contributed by atoms with Gasteiger partial charge in [0.25, 0.3) is 9.05 Å². The summed E-state index contributed by atoms with van der Waals surface area (Å²) in [6.45, 7) is -3.19. The van der Waals surface area contributed by atoms with Crippen LogP contribution in [0.3, 0.4) is 0 Å². The van der Waals surface area contributed by atoms with Gasteiger partial charge in [-0.25, -0.2) is 8.42 Å². The molecule has 18 heavy (non-hydrogen) atoms. The van der Waals surface area contributed by atoms with Gasteiger partial charge in [-0.15, -0.1) is 11.6 Å². The SMILES string of the molecule is N#Cc1c(OC(F)F)ccc(CCl)c1S(=O)(=O)Cl. The van der Waals surface area contributed by atoms with E-state index in [0.29, 0.717) is 0 Å². The fourth-order valence-electron chi connectivity index (χ4n) is 1.29.